The number of aldehydes is 1. The van der Waals surface area contributed by atoms with Crippen LogP contribution >= 0.6 is 11.3 Å². The Bertz CT molecular complexity index is 730. The van der Waals surface area contributed by atoms with E-state index in [1.165, 1.54) is 0 Å². The van der Waals surface area contributed by atoms with Crippen molar-refractivity contribution in [1.29, 1.82) is 0 Å². The maximum absolute atomic E-state index is 10.4. The van der Waals surface area contributed by atoms with Crippen LogP contribution in [0, 0.1) is 0 Å². The van der Waals surface area contributed by atoms with Crippen molar-refractivity contribution in [1.82, 2.24) is 9.97 Å². The van der Waals surface area contributed by atoms with Gasteiger partial charge in [0.25, 0.3) is 0 Å². The first-order valence-corrected chi connectivity index (χ1v) is 6.84. The van der Waals surface area contributed by atoms with E-state index in [-0.39, 0.29) is 5.88 Å². The number of carbonyl (C=O) groups is 1. The number of hydrogen-bond donors (Lipinski definition) is 2. The van der Waals surface area contributed by atoms with E-state index in [4.69, 9.17) is 0 Å². The van der Waals surface area contributed by atoms with Crippen LogP contribution in [-0.4, -0.2) is 21.4 Å². The number of thiazole rings is 1. The molecule has 3 rings (SSSR count). The van der Waals surface area contributed by atoms with Gasteiger partial charge in [-0.2, -0.15) is 0 Å². The molecule has 0 bridgehead atoms. The van der Waals surface area contributed by atoms with Gasteiger partial charge in [-0.3, -0.25) is 0 Å². The van der Waals surface area contributed by atoms with E-state index in [1.807, 2.05) is 23.6 Å². The van der Waals surface area contributed by atoms with Gasteiger partial charge in [0.2, 0.25) is 0 Å². The van der Waals surface area contributed by atoms with Crippen LogP contribution < -0.4 is 0 Å². The Balaban J connectivity index is 1.94. The van der Waals surface area contributed by atoms with Gasteiger partial charge >= 0.3 is 0 Å². The van der Waals surface area contributed by atoms with Gasteiger partial charge in [0, 0.05) is 34.3 Å². The Kier molecular flexibility index (Phi) is 3.05. The number of nitrogens with one attached hydrogen (secondary N) is 1. The third-order valence-corrected chi connectivity index (χ3v) is 3.93. The van der Waals surface area contributed by atoms with Crippen molar-refractivity contribution < 1.29 is 9.90 Å². The zero-order valence-electron chi connectivity index (χ0n) is 10.1. The van der Waals surface area contributed by atoms with Crippen LogP contribution in [0.4, 0.5) is 0 Å². The van der Waals surface area contributed by atoms with Crippen molar-refractivity contribution in [3.63, 3.8) is 0 Å². The molecule has 0 fully saturated rings. The van der Waals surface area contributed by atoms with Crippen molar-refractivity contribution in [3.8, 4) is 16.5 Å². The number of aromatic nitrogens is 2. The summed E-state index contributed by atoms with van der Waals surface area (Å²) in [5.41, 5.74) is 1.97. The summed E-state index contributed by atoms with van der Waals surface area (Å²) in [4.78, 5) is 17.7. The van der Waals surface area contributed by atoms with E-state index in [1.54, 1.807) is 17.5 Å². The van der Waals surface area contributed by atoms with E-state index in [0.29, 0.717) is 12.8 Å². The molecule has 4 nitrogen and oxygen atoms in total. The van der Waals surface area contributed by atoms with E-state index in [9.17, 15) is 9.90 Å². The lowest BCUT2D eigenvalue weighted by Gasteiger charge is -1.97. The molecule has 5 heteroatoms. The number of fused-ring (bicyclic) bond motifs is 1. The number of carbonyl (C=O) groups excluding carboxylic acids is 1. The number of H-pyrrole nitrogens is 1. The fourth-order valence-corrected chi connectivity index (χ4v) is 2.87. The molecule has 0 atom stereocenters. The van der Waals surface area contributed by atoms with Crippen molar-refractivity contribution in [3.05, 3.63) is 35.5 Å². The predicted molar refractivity (Wildman–Crippen MR) is 75.5 cm³/mol. The van der Waals surface area contributed by atoms with Crippen molar-refractivity contribution in [2.75, 3.05) is 0 Å². The summed E-state index contributed by atoms with van der Waals surface area (Å²) >= 11 is 1.57. The number of nitrogens with zero attached hydrogens (tertiary/aromatic N) is 1. The lowest BCUT2D eigenvalue weighted by atomic mass is 10.1. The van der Waals surface area contributed by atoms with Gasteiger partial charge in [0.15, 0.2) is 5.88 Å². The van der Waals surface area contributed by atoms with Crippen LogP contribution in [0.2, 0.25) is 0 Å². The molecule has 2 heterocycles. The summed E-state index contributed by atoms with van der Waals surface area (Å²) in [6, 6.07) is 5.81. The second kappa shape index (κ2) is 4.85. The molecule has 3 aromatic rings. The van der Waals surface area contributed by atoms with Gasteiger partial charge in [-0.25, -0.2) is 4.98 Å². The molecule has 0 aliphatic rings. The molecule has 2 aromatic heterocycles. The maximum Gasteiger partial charge on any atom is 0.196 e. The smallest absolute Gasteiger partial charge is 0.196 e. The Morgan fingerprint density at radius 1 is 1.42 bits per heavy atom. The monoisotopic (exact) mass is 272 g/mol. The number of aromatic hydroxyl groups is 1. The Hall–Kier alpha value is -2.14. The first-order chi connectivity index (χ1) is 9.28. The lowest BCUT2D eigenvalue weighted by molar-refractivity contribution is -0.107. The second-order valence-corrected chi connectivity index (χ2v) is 5.15. The largest absolute Gasteiger partial charge is 0.494 e. The summed E-state index contributed by atoms with van der Waals surface area (Å²) in [7, 11) is 0. The topological polar surface area (TPSA) is 66.0 Å². The highest BCUT2D eigenvalue weighted by Gasteiger charge is 2.07. The summed E-state index contributed by atoms with van der Waals surface area (Å²) in [6.07, 6.45) is 3.88. The maximum atomic E-state index is 10.4. The second-order valence-electron chi connectivity index (χ2n) is 4.29. The molecule has 0 unspecified atom stereocenters. The summed E-state index contributed by atoms with van der Waals surface area (Å²) in [5, 5.41) is 14.3. The summed E-state index contributed by atoms with van der Waals surface area (Å²) in [6.45, 7) is 0. The van der Waals surface area contributed by atoms with Crippen LogP contribution in [0.5, 0.6) is 5.88 Å². The fraction of sp³-hybridized carbons (Fsp3) is 0.143. The van der Waals surface area contributed by atoms with Crippen LogP contribution in [0.3, 0.4) is 0 Å². The molecular weight excluding hydrogens is 260 g/mol. The van der Waals surface area contributed by atoms with Gasteiger partial charge in [-0.1, -0.05) is 6.07 Å². The van der Waals surface area contributed by atoms with Gasteiger partial charge < -0.3 is 14.9 Å². The van der Waals surface area contributed by atoms with Crippen molar-refractivity contribution in [2.24, 2.45) is 0 Å². The van der Waals surface area contributed by atoms with Crippen molar-refractivity contribution >= 4 is 28.4 Å². The van der Waals surface area contributed by atoms with Crippen LogP contribution in [-0.2, 0) is 11.2 Å². The highest BCUT2D eigenvalue weighted by molar-refractivity contribution is 7.13. The van der Waals surface area contributed by atoms with Gasteiger partial charge in [-0.15, -0.1) is 11.3 Å². The van der Waals surface area contributed by atoms with Crippen LogP contribution in [0.25, 0.3) is 21.3 Å². The zero-order valence-corrected chi connectivity index (χ0v) is 10.9. The number of hydrogen-bond acceptors (Lipinski definition) is 4. The molecule has 0 aliphatic heterocycles. The van der Waals surface area contributed by atoms with E-state index in [0.717, 1.165) is 33.3 Å². The minimum atomic E-state index is 0.187. The van der Waals surface area contributed by atoms with Gasteiger partial charge in [0.05, 0.1) is 5.69 Å². The van der Waals surface area contributed by atoms with E-state index >= 15 is 0 Å². The normalized spacial score (nSPS) is 10.9. The quantitative estimate of drug-likeness (QED) is 0.717. The van der Waals surface area contributed by atoms with E-state index in [2.05, 4.69) is 9.97 Å². The molecule has 0 spiro atoms. The van der Waals surface area contributed by atoms with Gasteiger partial charge in [0.1, 0.15) is 11.3 Å². The number of aryl methyl sites for hydroxylation is 1. The third-order valence-electron chi connectivity index (χ3n) is 2.99. The average molecular weight is 272 g/mol. The first kappa shape index (κ1) is 11.9. The highest BCUT2D eigenvalue weighted by atomic mass is 32.1. The number of aromatic amines is 1. The lowest BCUT2D eigenvalue weighted by Crippen LogP contribution is -1.86. The predicted octanol–water partition coefficient (Wildman–Crippen LogP) is 3.13. The summed E-state index contributed by atoms with van der Waals surface area (Å²) < 4.78 is 0. The molecule has 2 N–H and O–H groups in total. The SMILES string of the molecule is O=CCCc1csc(-c2ccc3c(O)[nH]cc3c2)n1. The fourth-order valence-electron chi connectivity index (χ4n) is 2.02. The molecule has 19 heavy (non-hydrogen) atoms. The third kappa shape index (κ3) is 2.24. The molecule has 0 saturated carbocycles. The van der Waals surface area contributed by atoms with Gasteiger partial charge in [-0.05, 0) is 18.6 Å². The standard InChI is InChI=1S/C14H12N2O2S/c17-5-1-2-11-8-19-14(16-11)9-3-4-12-10(6-9)7-15-13(12)18/h3-8,15,18H,1-2H2. The highest BCUT2D eigenvalue weighted by Crippen LogP contribution is 2.30. The molecule has 0 radical (unpaired) electrons. The first-order valence-electron chi connectivity index (χ1n) is 5.96. The average Bonchev–Trinajstić information content (AvgIpc) is 3.04. The molecule has 1 aromatic carbocycles. The zero-order chi connectivity index (χ0) is 13.2. The number of benzene rings is 1. The molecule has 0 aliphatic carbocycles. The summed E-state index contributed by atoms with van der Waals surface area (Å²) in [5.74, 6) is 0.187. The van der Waals surface area contributed by atoms with E-state index < -0.39 is 0 Å². The molecule has 96 valence electrons. The van der Waals surface area contributed by atoms with Crippen molar-refractivity contribution in [2.45, 2.75) is 12.8 Å². The Morgan fingerprint density at radius 3 is 3.16 bits per heavy atom. The van der Waals surface area contributed by atoms with Crippen LogP contribution in [0.15, 0.2) is 29.8 Å². The minimum Gasteiger partial charge on any atom is -0.494 e. The molecule has 0 saturated heterocycles. The number of rotatable bonds is 4. The molecular formula is C14H12N2O2S. The minimum absolute atomic E-state index is 0.187. The molecule has 0 amide bonds. The Morgan fingerprint density at radius 2 is 2.32 bits per heavy atom. The van der Waals surface area contributed by atoms with Crippen LogP contribution in [0.1, 0.15) is 12.1 Å². The Labute approximate surface area is 113 Å².